The molecule has 2 atom stereocenters. The molecule has 0 bridgehead atoms. The van der Waals surface area contributed by atoms with Crippen LogP contribution in [0.3, 0.4) is 0 Å². The molecular formula is C19H27N3O4. The zero-order valence-electron chi connectivity index (χ0n) is 15.7. The maximum Gasteiger partial charge on any atom is 0.288 e. The monoisotopic (exact) mass is 361 g/mol. The van der Waals surface area contributed by atoms with Gasteiger partial charge in [-0.3, -0.25) is 19.2 Å². The van der Waals surface area contributed by atoms with Gasteiger partial charge in [-0.05, 0) is 12.0 Å². The highest BCUT2D eigenvalue weighted by molar-refractivity contribution is 6.37. The molecule has 0 aromatic heterocycles. The molecule has 142 valence electrons. The molecule has 0 aliphatic rings. The summed E-state index contributed by atoms with van der Waals surface area (Å²) in [5.74, 6) is -2.53. The van der Waals surface area contributed by atoms with E-state index in [-0.39, 0.29) is 18.4 Å². The first kappa shape index (κ1) is 21.3. The van der Waals surface area contributed by atoms with E-state index in [9.17, 15) is 19.2 Å². The summed E-state index contributed by atoms with van der Waals surface area (Å²) in [4.78, 5) is 49.6. The maximum absolute atomic E-state index is 12.4. The fourth-order valence-electron chi connectivity index (χ4n) is 2.44. The number of carbonyl (C=O) groups is 4. The van der Waals surface area contributed by atoms with Crippen molar-refractivity contribution in [1.82, 2.24) is 15.5 Å². The molecular weight excluding hydrogens is 334 g/mol. The molecule has 2 N–H and O–H groups in total. The van der Waals surface area contributed by atoms with Crippen molar-refractivity contribution in [3.8, 4) is 0 Å². The lowest BCUT2D eigenvalue weighted by atomic mass is 10.0. The van der Waals surface area contributed by atoms with Gasteiger partial charge in [0.15, 0.2) is 0 Å². The van der Waals surface area contributed by atoms with Crippen LogP contribution in [0.2, 0.25) is 0 Å². The Bertz CT molecular complexity index is 643. The van der Waals surface area contributed by atoms with Crippen LogP contribution in [-0.2, 0) is 19.2 Å². The summed E-state index contributed by atoms with van der Waals surface area (Å²) >= 11 is 0. The van der Waals surface area contributed by atoms with E-state index in [4.69, 9.17) is 0 Å². The molecule has 1 aromatic carbocycles. The quantitative estimate of drug-likeness (QED) is 0.643. The fraction of sp³-hybridized carbons (Fsp3) is 0.474. The highest BCUT2D eigenvalue weighted by Crippen LogP contribution is 2.14. The van der Waals surface area contributed by atoms with Gasteiger partial charge in [0, 0.05) is 20.0 Å². The molecule has 0 saturated carbocycles. The molecule has 26 heavy (non-hydrogen) atoms. The Morgan fingerprint density at radius 2 is 1.69 bits per heavy atom. The van der Waals surface area contributed by atoms with Crippen molar-refractivity contribution < 1.29 is 19.2 Å². The average molecular weight is 361 g/mol. The Morgan fingerprint density at radius 1 is 1.08 bits per heavy atom. The lowest BCUT2D eigenvalue weighted by molar-refractivity contribution is -0.140. The number of nitrogens with zero attached hydrogens (tertiary/aromatic N) is 1. The number of likely N-dealkylation sites (N-methyl/N-ethyl adjacent to an activating group) is 1. The van der Waals surface area contributed by atoms with E-state index in [2.05, 4.69) is 10.6 Å². The van der Waals surface area contributed by atoms with Crippen molar-refractivity contribution in [2.75, 3.05) is 20.6 Å². The third-order valence-electron chi connectivity index (χ3n) is 3.93. The van der Waals surface area contributed by atoms with Gasteiger partial charge < -0.3 is 15.5 Å². The van der Waals surface area contributed by atoms with Gasteiger partial charge in [-0.15, -0.1) is 0 Å². The molecule has 7 heteroatoms. The van der Waals surface area contributed by atoms with Gasteiger partial charge >= 0.3 is 0 Å². The van der Waals surface area contributed by atoms with Crippen LogP contribution >= 0.6 is 0 Å². The van der Waals surface area contributed by atoms with Crippen LogP contribution in [-0.4, -0.2) is 49.0 Å². The number of hydrogen-bond donors (Lipinski definition) is 2. The highest BCUT2D eigenvalue weighted by atomic mass is 16.2. The van der Waals surface area contributed by atoms with Crippen molar-refractivity contribution in [3.63, 3.8) is 0 Å². The van der Waals surface area contributed by atoms with Gasteiger partial charge in [-0.2, -0.15) is 0 Å². The zero-order chi connectivity index (χ0) is 19.7. The minimum atomic E-state index is -0.856. The van der Waals surface area contributed by atoms with E-state index in [1.54, 1.807) is 45.3 Å². The number of ketones is 1. The third-order valence-corrected chi connectivity index (χ3v) is 3.93. The molecule has 0 aliphatic carbocycles. The number of hydrogen-bond acceptors (Lipinski definition) is 4. The second kappa shape index (κ2) is 10.3. The Balaban J connectivity index is 2.69. The first-order chi connectivity index (χ1) is 12.3. The first-order valence-corrected chi connectivity index (χ1v) is 8.65. The van der Waals surface area contributed by atoms with Crippen LogP contribution in [0.25, 0.3) is 0 Å². The standard InChI is InChI=1S/C19H27N3O4/c1-5-9-13(2)17(24)18(25)20-12-15(23)21-16(19(26)22(3)4)14-10-7-6-8-11-14/h6-8,10-11,13,16H,5,9,12H2,1-4H3,(H,20,25)(H,21,23). The van der Waals surface area contributed by atoms with Gasteiger partial charge in [-0.1, -0.05) is 50.6 Å². The molecule has 0 fully saturated rings. The number of nitrogens with one attached hydrogen (secondary N) is 2. The maximum atomic E-state index is 12.4. The Hall–Kier alpha value is -2.70. The fourth-order valence-corrected chi connectivity index (χ4v) is 2.44. The smallest absolute Gasteiger partial charge is 0.288 e. The predicted molar refractivity (Wildman–Crippen MR) is 98.1 cm³/mol. The van der Waals surface area contributed by atoms with E-state index in [0.717, 1.165) is 6.42 Å². The second-order valence-electron chi connectivity index (χ2n) is 6.38. The van der Waals surface area contributed by atoms with E-state index in [1.165, 1.54) is 4.90 Å². The van der Waals surface area contributed by atoms with E-state index >= 15 is 0 Å². The van der Waals surface area contributed by atoms with Crippen molar-refractivity contribution in [2.45, 2.75) is 32.7 Å². The van der Waals surface area contributed by atoms with Crippen LogP contribution in [0.4, 0.5) is 0 Å². The van der Waals surface area contributed by atoms with Crippen LogP contribution in [0, 0.1) is 5.92 Å². The molecule has 0 spiro atoms. The summed E-state index contributed by atoms with van der Waals surface area (Å²) in [7, 11) is 3.19. The van der Waals surface area contributed by atoms with Crippen LogP contribution in [0.5, 0.6) is 0 Å². The summed E-state index contributed by atoms with van der Waals surface area (Å²) in [5.41, 5.74) is 0.638. The molecule has 7 nitrogen and oxygen atoms in total. The van der Waals surface area contributed by atoms with E-state index in [0.29, 0.717) is 12.0 Å². The second-order valence-corrected chi connectivity index (χ2v) is 6.38. The summed E-state index contributed by atoms with van der Waals surface area (Å²) in [6.45, 7) is 3.25. The van der Waals surface area contributed by atoms with Crippen molar-refractivity contribution >= 4 is 23.5 Å². The number of rotatable bonds is 9. The molecule has 0 aliphatic heterocycles. The van der Waals surface area contributed by atoms with Crippen LogP contribution < -0.4 is 10.6 Å². The summed E-state index contributed by atoms with van der Waals surface area (Å²) in [6.07, 6.45) is 1.41. The molecule has 2 unspecified atom stereocenters. The lowest BCUT2D eigenvalue weighted by Crippen LogP contribution is -2.45. The van der Waals surface area contributed by atoms with E-state index < -0.39 is 23.6 Å². The molecule has 0 radical (unpaired) electrons. The Kier molecular flexibility index (Phi) is 8.48. The minimum Gasteiger partial charge on any atom is -0.347 e. The average Bonchev–Trinajstić information content (AvgIpc) is 2.63. The molecule has 3 amide bonds. The molecule has 1 aromatic rings. The lowest BCUT2D eigenvalue weighted by Gasteiger charge is -2.22. The zero-order valence-corrected chi connectivity index (χ0v) is 15.7. The van der Waals surface area contributed by atoms with Gasteiger partial charge in [0.05, 0.1) is 6.54 Å². The van der Waals surface area contributed by atoms with E-state index in [1.807, 2.05) is 13.0 Å². The number of benzene rings is 1. The number of amides is 3. The molecule has 0 saturated heterocycles. The van der Waals surface area contributed by atoms with Gasteiger partial charge in [0.25, 0.3) is 5.91 Å². The Morgan fingerprint density at radius 3 is 2.23 bits per heavy atom. The summed E-state index contributed by atoms with van der Waals surface area (Å²) < 4.78 is 0. The minimum absolute atomic E-state index is 0.288. The van der Waals surface area contributed by atoms with Crippen molar-refractivity contribution in [1.29, 1.82) is 0 Å². The number of Topliss-reactive ketones (excluding diaryl/α,β-unsaturated/α-hetero) is 1. The van der Waals surface area contributed by atoms with Crippen molar-refractivity contribution in [2.24, 2.45) is 5.92 Å². The summed E-state index contributed by atoms with van der Waals surface area (Å²) in [6, 6.07) is 7.97. The Labute approximate surface area is 154 Å². The molecule has 0 heterocycles. The highest BCUT2D eigenvalue weighted by Gasteiger charge is 2.25. The van der Waals surface area contributed by atoms with Gasteiger partial charge in [0.1, 0.15) is 6.04 Å². The van der Waals surface area contributed by atoms with Crippen LogP contribution in [0.1, 0.15) is 38.3 Å². The predicted octanol–water partition coefficient (Wildman–Crippen LogP) is 1.05. The normalized spacial score (nSPS) is 12.6. The van der Waals surface area contributed by atoms with Gasteiger partial charge in [-0.25, -0.2) is 0 Å². The SMILES string of the molecule is CCCC(C)C(=O)C(=O)NCC(=O)NC(C(=O)N(C)C)c1ccccc1. The first-order valence-electron chi connectivity index (χ1n) is 8.65. The third kappa shape index (κ3) is 6.31. The van der Waals surface area contributed by atoms with Gasteiger partial charge in [0.2, 0.25) is 17.6 Å². The van der Waals surface area contributed by atoms with Crippen molar-refractivity contribution in [3.05, 3.63) is 35.9 Å². The van der Waals surface area contributed by atoms with Crippen LogP contribution in [0.15, 0.2) is 30.3 Å². The molecule has 1 rings (SSSR count). The largest absolute Gasteiger partial charge is 0.347 e. The number of carbonyl (C=O) groups excluding carboxylic acids is 4. The summed E-state index contributed by atoms with van der Waals surface area (Å²) in [5, 5.41) is 4.93. The topological polar surface area (TPSA) is 95.6 Å².